The van der Waals surface area contributed by atoms with Gasteiger partial charge in [-0.2, -0.15) is 0 Å². The fourth-order valence-corrected chi connectivity index (χ4v) is 2.17. The summed E-state index contributed by atoms with van der Waals surface area (Å²) in [5.74, 6) is 0. The smallest absolute Gasteiger partial charge is 0.330 e. The van der Waals surface area contributed by atoms with E-state index < -0.39 is 5.69 Å². The summed E-state index contributed by atoms with van der Waals surface area (Å²) in [6, 6.07) is -0.0563. The zero-order valence-corrected chi connectivity index (χ0v) is 11.2. The molecule has 0 aliphatic carbocycles. The van der Waals surface area contributed by atoms with Crippen LogP contribution in [0.5, 0.6) is 0 Å². The summed E-state index contributed by atoms with van der Waals surface area (Å²) in [6.45, 7) is 5.06. The van der Waals surface area contributed by atoms with E-state index in [9.17, 15) is 9.59 Å². The number of imidazole rings is 1. The zero-order valence-electron chi connectivity index (χ0n) is 11.2. The van der Waals surface area contributed by atoms with Crippen LogP contribution in [0.4, 0.5) is 0 Å². The van der Waals surface area contributed by atoms with Crippen molar-refractivity contribution in [1.29, 1.82) is 0 Å². The van der Waals surface area contributed by atoms with E-state index in [0.29, 0.717) is 24.3 Å². The standard InChI is InChI=1S/C12H19N5O2/c1-8(2)17-10-9(11(18)15-12(17)19)16(7-14-10)6-4-3-5-13/h7-8H,3-6,13H2,1-2H3,(H,15,18,19). The van der Waals surface area contributed by atoms with Crippen molar-refractivity contribution in [2.24, 2.45) is 5.73 Å². The molecule has 2 aromatic heterocycles. The van der Waals surface area contributed by atoms with Crippen molar-refractivity contribution in [3.05, 3.63) is 27.2 Å². The molecule has 0 spiro atoms. The van der Waals surface area contributed by atoms with Gasteiger partial charge in [-0.3, -0.25) is 14.3 Å². The molecule has 0 unspecified atom stereocenters. The van der Waals surface area contributed by atoms with Crippen molar-refractivity contribution < 1.29 is 0 Å². The maximum Gasteiger partial charge on any atom is 0.330 e. The summed E-state index contributed by atoms with van der Waals surface area (Å²) in [5, 5.41) is 0. The lowest BCUT2D eigenvalue weighted by molar-refractivity contribution is 0.579. The van der Waals surface area contributed by atoms with Crippen molar-refractivity contribution in [2.75, 3.05) is 6.54 Å². The SMILES string of the molecule is CC(C)n1c(=O)[nH]c(=O)c2c1ncn2CCCCN. The number of hydrogen-bond acceptors (Lipinski definition) is 4. The van der Waals surface area contributed by atoms with E-state index >= 15 is 0 Å². The van der Waals surface area contributed by atoms with Gasteiger partial charge in [0.25, 0.3) is 5.56 Å². The summed E-state index contributed by atoms with van der Waals surface area (Å²) in [6.07, 6.45) is 3.37. The highest BCUT2D eigenvalue weighted by Crippen LogP contribution is 2.11. The molecule has 0 aliphatic rings. The number of aryl methyl sites for hydroxylation is 1. The minimum absolute atomic E-state index is 0.0563. The molecule has 2 aromatic rings. The maximum absolute atomic E-state index is 11.9. The Morgan fingerprint density at radius 2 is 2.11 bits per heavy atom. The van der Waals surface area contributed by atoms with E-state index in [1.807, 2.05) is 13.8 Å². The normalized spacial score (nSPS) is 11.6. The van der Waals surface area contributed by atoms with Crippen LogP contribution in [-0.2, 0) is 6.54 Å². The number of hydrogen-bond donors (Lipinski definition) is 2. The van der Waals surface area contributed by atoms with Gasteiger partial charge in [0.15, 0.2) is 11.2 Å². The molecule has 0 saturated heterocycles. The lowest BCUT2D eigenvalue weighted by atomic mass is 10.3. The monoisotopic (exact) mass is 265 g/mol. The minimum Gasteiger partial charge on any atom is -0.330 e. The second-order valence-corrected chi connectivity index (χ2v) is 4.83. The van der Waals surface area contributed by atoms with Crippen LogP contribution in [0.15, 0.2) is 15.9 Å². The lowest BCUT2D eigenvalue weighted by Gasteiger charge is -2.10. The third-order valence-electron chi connectivity index (χ3n) is 3.07. The summed E-state index contributed by atoms with van der Waals surface area (Å²) >= 11 is 0. The average molecular weight is 265 g/mol. The number of fused-ring (bicyclic) bond motifs is 1. The first kappa shape index (κ1) is 13.5. The Morgan fingerprint density at radius 1 is 1.37 bits per heavy atom. The number of nitrogens with one attached hydrogen (secondary N) is 1. The number of unbranched alkanes of at least 4 members (excludes halogenated alkanes) is 1. The quantitative estimate of drug-likeness (QED) is 0.755. The predicted octanol–water partition coefficient (Wildman–Crippen LogP) is 0.206. The summed E-state index contributed by atoms with van der Waals surface area (Å²) in [4.78, 5) is 30.3. The Labute approximate surface area is 110 Å². The molecule has 0 amide bonds. The van der Waals surface area contributed by atoms with Crippen molar-refractivity contribution >= 4 is 11.2 Å². The molecule has 0 fully saturated rings. The Bertz CT molecular complexity index is 679. The number of aromatic nitrogens is 4. The van der Waals surface area contributed by atoms with Crippen LogP contribution in [0.3, 0.4) is 0 Å². The summed E-state index contributed by atoms with van der Waals surface area (Å²) < 4.78 is 3.28. The van der Waals surface area contributed by atoms with Crippen molar-refractivity contribution in [2.45, 2.75) is 39.3 Å². The molecule has 0 aliphatic heterocycles. The molecule has 2 heterocycles. The van der Waals surface area contributed by atoms with E-state index in [1.54, 1.807) is 10.9 Å². The fourth-order valence-electron chi connectivity index (χ4n) is 2.17. The summed E-state index contributed by atoms with van der Waals surface area (Å²) in [5.41, 5.74) is 5.54. The Morgan fingerprint density at radius 3 is 2.74 bits per heavy atom. The van der Waals surface area contributed by atoms with Gasteiger partial charge < -0.3 is 10.3 Å². The Balaban J connectivity index is 2.56. The third kappa shape index (κ3) is 2.46. The van der Waals surface area contributed by atoms with Gasteiger partial charge in [-0.05, 0) is 33.2 Å². The highest BCUT2D eigenvalue weighted by molar-refractivity contribution is 5.69. The van der Waals surface area contributed by atoms with E-state index in [4.69, 9.17) is 5.73 Å². The molecular formula is C12H19N5O2. The van der Waals surface area contributed by atoms with Crippen LogP contribution >= 0.6 is 0 Å². The number of H-pyrrole nitrogens is 1. The Hall–Kier alpha value is -1.89. The van der Waals surface area contributed by atoms with Gasteiger partial charge in [-0.25, -0.2) is 9.78 Å². The third-order valence-corrected chi connectivity index (χ3v) is 3.07. The molecule has 0 atom stereocenters. The molecule has 0 radical (unpaired) electrons. The highest BCUT2D eigenvalue weighted by Gasteiger charge is 2.14. The second-order valence-electron chi connectivity index (χ2n) is 4.83. The van der Waals surface area contributed by atoms with Crippen LogP contribution in [0, 0.1) is 0 Å². The van der Waals surface area contributed by atoms with Gasteiger partial charge >= 0.3 is 5.69 Å². The van der Waals surface area contributed by atoms with Gasteiger partial charge in [-0.15, -0.1) is 0 Å². The van der Waals surface area contributed by atoms with Crippen LogP contribution in [0.1, 0.15) is 32.7 Å². The highest BCUT2D eigenvalue weighted by atomic mass is 16.2. The zero-order chi connectivity index (χ0) is 14.0. The van der Waals surface area contributed by atoms with E-state index in [-0.39, 0.29) is 11.6 Å². The van der Waals surface area contributed by atoms with Crippen LogP contribution in [0.25, 0.3) is 11.2 Å². The summed E-state index contributed by atoms with van der Waals surface area (Å²) in [7, 11) is 0. The molecule has 19 heavy (non-hydrogen) atoms. The molecule has 3 N–H and O–H groups in total. The number of nitrogens with two attached hydrogens (primary N) is 1. The minimum atomic E-state index is -0.417. The topological polar surface area (TPSA) is 98.7 Å². The predicted molar refractivity (Wildman–Crippen MR) is 73.3 cm³/mol. The van der Waals surface area contributed by atoms with Crippen LogP contribution in [0.2, 0.25) is 0 Å². The van der Waals surface area contributed by atoms with Gasteiger partial charge in [0.2, 0.25) is 0 Å². The van der Waals surface area contributed by atoms with Crippen LogP contribution in [-0.4, -0.2) is 25.6 Å². The maximum atomic E-state index is 11.9. The fraction of sp³-hybridized carbons (Fsp3) is 0.583. The first-order valence-corrected chi connectivity index (χ1v) is 6.46. The van der Waals surface area contributed by atoms with Gasteiger partial charge in [0.05, 0.1) is 6.33 Å². The van der Waals surface area contributed by atoms with Crippen molar-refractivity contribution in [3.63, 3.8) is 0 Å². The first-order valence-electron chi connectivity index (χ1n) is 6.46. The van der Waals surface area contributed by atoms with Gasteiger partial charge in [-0.1, -0.05) is 0 Å². The van der Waals surface area contributed by atoms with Gasteiger partial charge in [0.1, 0.15) is 0 Å². The largest absolute Gasteiger partial charge is 0.330 e. The van der Waals surface area contributed by atoms with Crippen molar-refractivity contribution in [1.82, 2.24) is 19.1 Å². The molecule has 7 heteroatoms. The van der Waals surface area contributed by atoms with E-state index in [1.165, 1.54) is 4.57 Å². The van der Waals surface area contributed by atoms with E-state index in [0.717, 1.165) is 12.8 Å². The number of aromatic amines is 1. The molecular weight excluding hydrogens is 246 g/mol. The van der Waals surface area contributed by atoms with Gasteiger partial charge in [0, 0.05) is 12.6 Å². The lowest BCUT2D eigenvalue weighted by Crippen LogP contribution is -2.32. The molecule has 7 nitrogen and oxygen atoms in total. The average Bonchev–Trinajstić information content (AvgIpc) is 2.73. The molecule has 0 bridgehead atoms. The molecule has 0 aromatic carbocycles. The Kier molecular flexibility index (Phi) is 3.84. The second kappa shape index (κ2) is 5.40. The molecule has 104 valence electrons. The molecule has 2 rings (SSSR count). The first-order chi connectivity index (χ1) is 9.06. The number of nitrogens with zero attached hydrogens (tertiary/aromatic N) is 3. The molecule has 0 saturated carbocycles. The van der Waals surface area contributed by atoms with Crippen molar-refractivity contribution in [3.8, 4) is 0 Å². The van der Waals surface area contributed by atoms with Crippen LogP contribution < -0.4 is 17.0 Å². The van der Waals surface area contributed by atoms with E-state index in [2.05, 4.69) is 9.97 Å². The number of rotatable bonds is 5.